The zero-order valence-electron chi connectivity index (χ0n) is 42.3. The third-order valence-electron chi connectivity index (χ3n) is 16.6. The molecule has 394 valence electrons. The van der Waals surface area contributed by atoms with Crippen molar-refractivity contribution in [1.82, 2.24) is 19.6 Å². The summed E-state index contributed by atoms with van der Waals surface area (Å²) in [7, 11) is -4.74. The molecule has 6 heterocycles. The number of nitrogens with one attached hydrogen (secondary N) is 3. The minimum atomic E-state index is -4.74. The van der Waals surface area contributed by atoms with E-state index in [9.17, 15) is 28.4 Å². The zero-order valence-corrected chi connectivity index (χ0v) is 43.2. The number of likely N-dealkylation sites (tertiary alicyclic amines) is 1. The SMILES string of the molecule is CC(C)c1ccccc1[C@H]1CCCC1N1CC2(CCN(c3ccc(C(=O)NS(=O)(=O)c4cc5c(c([N+](=O)[O-])c4)N[C@@H]([C@H]4CC[C@](C)(O)CC4)CO5)c(Oc4cc5cc[nH]c5nc4OC[C@H]4COCCO4)c3)CC2)C1. The van der Waals surface area contributed by atoms with Gasteiger partial charge in [-0.1, -0.05) is 44.5 Å². The van der Waals surface area contributed by atoms with Crippen LogP contribution >= 0.6 is 0 Å². The van der Waals surface area contributed by atoms with Gasteiger partial charge in [0.2, 0.25) is 0 Å². The van der Waals surface area contributed by atoms with Crippen molar-refractivity contribution in [2.75, 3.05) is 69.4 Å². The molecule has 5 aromatic rings. The minimum Gasteiger partial charge on any atom is -0.489 e. The van der Waals surface area contributed by atoms with Crippen molar-refractivity contribution < 1.29 is 46.9 Å². The number of H-pyrrole nitrogens is 1. The summed E-state index contributed by atoms with van der Waals surface area (Å²) in [6.07, 6.45) is 9.64. The van der Waals surface area contributed by atoms with Crippen LogP contribution in [0.4, 0.5) is 17.1 Å². The number of anilines is 2. The van der Waals surface area contributed by atoms with Crippen LogP contribution in [0, 0.1) is 21.4 Å². The van der Waals surface area contributed by atoms with Crippen molar-refractivity contribution in [3.8, 4) is 23.1 Å². The van der Waals surface area contributed by atoms with E-state index in [2.05, 4.69) is 62.9 Å². The summed E-state index contributed by atoms with van der Waals surface area (Å²) in [6, 6.07) is 20.1. The number of aromatic nitrogens is 2. The number of sulfonamides is 1. The maximum absolute atomic E-state index is 14.5. The topological polar surface area (TPSA) is 220 Å². The average Bonchev–Trinajstić information content (AvgIpc) is 4.07. The van der Waals surface area contributed by atoms with Crippen LogP contribution in [-0.2, 0) is 19.5 Å². The third-order valence-corrected chi connectivity index (χ3v) is 17.9. The highest BCUT2D eigenvalue weighted by Crippen LogP contribution is 2.50. The van der Waals surface area contributed by atoms with Crippen LogP contribution in [0.2, 0.25) is 0 Å². The van der Waals surface area contributed by atoms with Gasteiger partial charge in [-0.15, -0.1) is 0 Å². The lowest BCUT2D eigenvalue weighted by Gasteiger charge is -2.57. The Balaban J connectivity index is 0.843. The van der Waals surface area contributed by atoms with Crippen molar-refractivity contribution in [2.24, 2.45) is 11.3 Å². The molecule has 3 aromatic carbocycles. The van der Waals surface area contributed by atoms with E-state index in [-0.39, 0.29) is 71.1 Å². The number of amides is 1. The molecule has 19 heteroatoms. The van der Waals surface area contributed by atoms with Gasteiger partial charge in [-0.3, -0.25) is 19.8 Å². The number of piperidine rings is 1. The molecule has 4 aliphatic heterocycles. The lowest BCUT2D eigenvalue weighted by atomic mass is 9.70. The van der Waals surface area contributed by atoms with E-state index < -0.39 is 37.0 Å². The summed E-state index contributed by atoms with van der Waals surface area (Å²) in [6.45, 7) is 11.6. The lowest BCUT2D eigenvalue weighted by Crippen LogP contribution is -2.63. The molecule has 5 fully saturated rings. The first-order valence-corrected chi connectivity index (χ1v) is 27.8. The number of hydrogen-bond acceptors (Lipinski definition) is 15. The van der Waals surface area contributed by atoms with Crippen LogP contribution in [0.1, 0.15) is 112 Å². The summed E-state index contributed by atoms with van der Waals surface area (Å²) in [5.74, 6) is 0.448. The quantitative estimate of drug-likeness (QED) is 0.0604. The molecule has 2 aliphatic carbocycles. The van der Waals surface area contributed by atoms with Crippen molar-refractivity contribution in [3.05, 3.63) is 99.7 Å². The van der Waals surface area contributed by atoms with E-state index in [1.54, 1.807) is 37.4 Å². The molecule has 4 atom stereocenters. The van der Waals surface area contributed by atoms with Crippen LogP contribution < -0.4 is 29.1 Å². The first-order valence-electron chi connectivity index (χ1n) is 26.3. The predicted molar refractivity (Wildman–Crippen MR) is 278 cm³/mol. The number of hydrogen-bond donors (Lipinski definition) is 4. The van der Waals surface area contributed by atoms with Crippen LogP contribution in [-0.4, -0.2) is 122 Å². The van der Waals surface area contributed by atoms with Gasteiger partial charge in [-0.05, 0) is 117 Å². The maximum atomic E-state index is 14.5. The largest absolute Gasteiger partial charge is 0.489 e. The number of aliphatic hydroxyl groups is 1. The standard InChI is InChI=1S/C55H67N7O11S/c1-34(2)40-7-4-5-8-41(40)42-9-6-10-45(42)61-32-55(33-61)18-21-60(22-19-55)37-11-12-43(47(26-37)73-49-25-36-15-20-56-51(36)58-53(49)72-30-38-29-69-23-24-70-38)52(63)59-74(67,68)39-27-46(62(65)66)50-48(28-39)71-31-44(57-50)35-13-16-54(3,64)17-14-35/h4-5,7-8,11-12,15,20,25-28,34-35,38,42,44-45,57,64H,6,9-10,13-14,16-19,21-24,29-33H2,1-3H3,(H,56,58)(H,59,63)/t35-,38-,42-,44-,45?,54-/m1/s1. The second-order valence-corrected chi connectivity index (χ2v) is 23.7. The smallest absolute Gasteiger partial charge is 0.297 e. The predicted octanol–water partition coefficient (Wildman–Crippen LogP) is 8.65. The lowest BCUT2D eigenvalue weighted by molar-refractivity contribution is -0.384. The van der Waals surface area contributed by atoms with Gasteiger partial charge >= 0.3 is 0 Å². The number of benzene rings is 3. The fourth-order valence-corrected chi connectivity index (χ4v) is 13.4. The summed E-state index contributed by atoms with van der Waals surface area (Å²) < 4.78 is 60.9. The van der Waals surface area contributed by atoms with Crippen molar-refractivity contribution >= 4 is 44.0 Å². The Kier molecular flexibility index (Phi) is 13.7. The van der Waals surface area contributed by atoms with Gasteiger partial charge in [-0.2, -0.15) is 4.98 Å². The molecule has 4 N–H and O–H groups in total. The average molecular weight is 1030 g/mol. The molecule has 1 amide bonds. The number of carbonyl (C=O) groups excluding carboxylic acids is 1. The van der Waals surface area contributed by atoms with Crippen LogP contribution in [0.15, 0.2) is 77.8 Å². The number of ether oxygens (including phenoxy) is 5. The Morgan fingerprint density at radius 3 is 2.54 bits per heavy atom. The van der Waals surface area contributed by atoms with Crippen LogP contribution in [0.3, 0.4) is 0 Å². The Labute approximate surface area is 431 Å². The Hall–Kier alpha value is -5.99. The minimum absolute atomic E-state index is 0.0158. The van der Waals surface area contributed by atoms with E-state index in [1.165, 1.54) is 36.5 Å². The Bertz CT molecular complexity index is 3000. The number of nitro groups is 1. The van der Waals surface area contributed by atoms with Gasteiger partial charge in [0, 0.05) is 67.7 Å². The van der Waals surface area contributed by atoms with Gasteiger partial charge < -0.3 is 44.0 Å². The van der Waals surface area contributed by atoms with Gasteiger partial charge in [0.1, 0.15) is 30.7 Å². The first-order chi connectivity index (χ1) is 35.6. The van der Waals surface area contributed by atoms with Crippen molar-refractivity contribution in [2.45, 2.75) is 119 Å². The number of pyridine rings is 1. The monoisotopic (exact) mass is 1030 g/mol. The van der Waals surface area contributed by atoms with E-state index in [0.717, 1.165) is 50.8 Å². The van der Waals surface area contributed by atoms with Crippen LogP contribution in [0.5, 0.6) is 23.1 Å². The second kappa shape index (κ2) is 20.3. The number of nitrogens with zero attached hydrogens (tertiary/aromatic N) is 4. The fourth-order valence-electron chi connectivity index (χ4n) is 12.4. The highest BCUT2D eigenvalue weighted by atomic mass is 32.2. The molecule has 0 bridgehead atoms. The molecule has 2 aromatic heterocycles. The molecule has 18 nitrogen and oxygen atoms in total. The Morgan fingerprint density at radius 2 is 1.78 bits per heavy atom. The van der Waals surface area contributed by atoms with E-state index >= 15 is 0 Å². The molecule has 6 aliphatic rings. The highest BCUT2D eigenvalue weighted by Gasteiger charge is 2.49. The molecular formula is C55H67N7O11S. The van der Waals surface area contributed by atoms with Crippen molar-refractivity contribution in [3.63, 3.8) is 0 Å². The van der Waals surface area contributed by atoms with Gasteiger partial charge in [0.15, 0.2) is 17.2 Å². The summed E-state index contributed by atoms with van der Waals surface area (Å²) in [5, 5.41) is 27.0. The number of nitro benzene ring substituents is 1. The normalized spacial score (nSPS) is 26.0. The first kappa shape index (κ1) is 50.2. The van der Waals surface area contributed by atoms with E-state index in [1.807, 2.05) is 6.07 Å². The molecule has 0 radical (unpaired) electrons. The molecule has 11 rings (SSSR count). The number of aromatic amines is 1. The van der Waals surface area contributed by atoms with Gasteiger partial charge in [0.05, 0.1) is 46.8 Å². The number of carbonyl (C=O) groups is 1. The molecule has 1 unspecified atom stereocenters. The summed E-state index contributed by atoms with van der Waals surface area (Å²) in [4.78, 5) is 38.6. The number of rotatable bonds is 14. The van der Waals surface area contributed by atoms with Crippen LogP contribution in [0.25, 0.3) is 11.0 Å². The zero-order chi connectivity index (χ0) is 51.4. The molecule has 74 heavy (non-hydrogen) atoms. The Morgan fingerprint density at radius 1 is 0.986 bits per heavy atom. The second-order valence-electron chi connectivity index (χ2n) is 22.1. The maximum Gasteiger partial charge on any atom is 0.297 e. The summed E-state index contributed by atoms with van der Waals surface area (Å²) >= 11 is 0. The van der Waals surface area contributed by atoms with E-state index in [0.29, 0.717) is 74.4 Å². The number of fused-ring (bicyclic) bond motifs is 2. The molecular weight excluding hydrogens is 967 g/mol. The molecule has 1 spiro atoms. The third kappa shape index (κ3) is 10.2. The van der Waals surface area contributed by atoms with E-state index in [4.69, 9.17) is 28.7 Å². The molecule has 2 saturated carbocycles. The molecule has 3 saturated heterocycles. The van der Waals surface area contributed by atoms with Gasteiger partial charge in [0.25, 0.3) is 27.5 Å². The summed E-state index contributed by atoms with van der Waals surface area (Å²) in [5.41, 5.74) is 3.24. The fraction of sp³-hybridized carbons (Fsp3) is 0.527. The van der Waals surface area contributed by atoms with Crippen molar-refractivity contribution in [1.29, 1.82) is 0 Å². The van der Waals surface area contributed by atoms with Gasteiger partial charge in [-0.25, -0.2) is 13.1 Å². The highest BCUT2D eigenvalue weighted by molar-refractivity contribution is 7.90.